The molecular weight excluding hydrogens is 248 g/mol. The van der Waals surface area contributed by atoms with Crippen LogP contribution in [0.3, 0.4) is 0 Å². The number of hydrogen-bond donors (Lipinski definition) is 1. The molecular formula is C5H7BrN2O3S. The Morgan fingerprint density at radius 3 is 2.83 bits per heavy atom. The van der Waals surface area contributed by atoms with Crippen LogP contribution in [0.1, 0.15) is 5.76 Å². The average molecular weight is 255 g/mol. The van der Waals surface area contributed by atoms with Crippen molar-refractivity contribution in [2.45, 2.75) is 6.92 Å². The first kappa shape index (κ1) is 9.53. The number of nitrogens with zero attached hydrogens (tertiary/aromatic N) is 1. The molecule has 0 saturated carbocycles. The number of rotatable bonds is 3. The first-order valence-corrected chi connectivity index (χ1v) is 5.80. The van der Waals surface area contributed by atoms with Crippen molar-refractivity contribution in [1.82, 2.24) is 5.16 Å². The summed E-state index contributed by atoms with van der Waals surface area (Å²) in [7, 11) is -3.32. The number of anilines is 1. The van der Waals surface area contributed by atoms with Gasteiger partial charge in [0.2, 0.25) is 10.0 Å². The number of nitrogens with one attached hydrogen (secondary N) is 1. The molecule has 0 aliphatic carbocycles. The largest absolute Gasteiger partial charge is 0.360 e. The molecule has 0 saturated heterocycles. The van der Waals surface area contributed by atoms with Gasteiger partial charge in [-0.15, -0.1) is 0 Å². The van der Waals surface area contributed by atoms with Gasteiger partial charge in [-0.3, -0.25) is 4.72 Å². The molecule has 1 aromatic heterocycles. The lowest BCUT2D eigenvalue weighted by atomic mass is 10.5. The number of aryl methyl sites for hydroxylation is 1. The molecule has 0 aliphatic heterocycles. The van der Waals surface area contributed by atoms with Gasteiger partial charge in [-0.2, -0.15) is 0 Å². The maximum absolute atomic E-state index is 10.9. The lowest BCUT2D eigenvalue weighted by Gasteiger charge is -1.97. The highest BCUT2D eigenvalue weighted by atomic mass is 79.9. The molecule has 0 amide bonds. The third-order valence-corrected chi connectivity index (χ3v) is 3.65. The molecule has 0 bridgehead atoms. The summed E-state index contributed by atoms with van der Waals surface area (Å²) < 4.78 is 28.6. The van der Waals surface area contributed by atoms with Crippen LogP contribution in [0.4, 0.5) is 5.82 Å². The number of alkyl halides is 1. The molecule has 5 nitrogen and oxygen atoms in total. The Labute approximate surface area is 78.3 Å². The van der Waals surface area contributed by atoms with E-state index in [-0.39, 0.29) is 10.5 Å². The molecule has 0 aliphatic rings. The van der Waals surface area contributed by atoms with Crippen molar-refractivity contribution >= 4 is 31.8 Å². The second kappa shape index (κ2) is 3.44. The molecule has 1 aromatic rings. The molecule has 1 heterocycles. The van der Waals surface area contributed by atoms with Crippen molar-refractivity contribution < 1.29 is 12.9 Å². The Bertz CT molecular complexity index is 359. The van der Waals surface area contributed by atoms with Gasteiger partial charge in [0.15, 0.2) is 5.82 Å². The van der Waals surface area contributed by atoms with Crippen molar-refractivity contribution in [1.29, 1.82) is 0 Å². The highest BCUT2D eigenvalue weighted by Crippen LogP contribution is 2.09. The predicted octanol–water partition coefficient (Wildman–Crippen LogP) is 1.08. The monoisotopic (exact) mass is 254 g/mol. The average Bonchev–Trinajstić information content (AvgIpc) is 2.35. The second-order valence-corrected chi connectivity index (χ2v) is 5.17. The SMILES string of the molecule is Cc1cc(NS(=O)(=O)CBr)no1. The highest BCUT2D eigenvalue weighted by Gasteiger charge is 2.09. The van der Waals surface area contributed by atoms with Crippen molar-refractivity contribution in [3.05, 3.63) is 11.8 Å². The first-order valence-electron chi connectivity index (χ1n) is 3.03. The Morgan fingerprint density at radius 1 is 1.75 bits per heavy atom. The molecule has 0 aromatic carbocycles. The summed E-state index contributed by atoms with van der Waals surface area (Å²) in [5.41, 5.74) is 0. The maximum atomic E-state index is 10.9. The summed E-state index contributed by atoms with van der Waals surface area (Å²) in [4.78, 5) is 0. The fraction of sp³-hybridized carbons (Fsp3) is 0.400. The molecule has 68 valence electrons. The molecule has 0 atom stereocenters. The standard InChI is InChI=1S/C5H7BrN2O3S/c1-4-2-5(7-11-4)8-12(9,10)3-6/h2H,3H2,1H3,(H,7,8). The van der Waals surface area contributed by atoms with Crippen LogP contribution in [0, 0.1) is 6.92 Å². The van der Waals surface area contributed by atoms with Gasteiger partial charge in [0.05, 0.1) is 0 Å². The Kier molecular flexibility index (Phi) is 2.73. The van der Waals surface area contributed by atoms with Gasteiger partial charge in [-0.25, -0.2) is 8.42 Å². The zero-order valence-electron chi connectivity index (χ0n) is 6.24. The van der Waals surface area contributed by atoms with Crippen molar-refractivity contribution in [3.8, 4) is 0 Å². The van der Waals surface area contributed by atoms with E-state index in [9.17, 15) is 8.42 Å². The highest BCUT2D eigenvalue weighted by molar-refractivity contribution is 9.10. The van der Waals surface area contributed by atoms with Gasteiger partial charge >= 0.3 is 0 Å². The Morgan fingerprint density at radius 2 is 2.42 bits per heavy atom. The van der Waals surface area contributed by atoms with Crippen LogP contribution in [0.15, 0.2) is 10.6 Å². The third-order valence-electron chi connectivity index (χ3n) is 1.03. The van der Waals surface area contributed by atoms with E-state index in [1.54, 1.807) is 6.92 Å². The Hall–Kier alpha value is -0.560. The number of halogens is 1. The number of aromatic nitrogens is 1. The van der Waals surface area contributed by atoms with E-state index in [0.717, 1.165) is 0 Å². The summed E-state index contributed by atoms with van der Waals surface area (Å²) in [6.07, 6.45) is 0. The van der Waals surface area contributed by atoms with Crippen molar-refractivity contribution in [2.75, 3.05) is 9.38 Å². The minimum atomic E-state index is -3.32. The van der Waals surface area contributed by atoms with Crippen LogP contribution >= 0.6 is 15.9 Å². The molecule has 0 radical (unpaired) electrons. The Balaban J connectivity index is 2.77. The van der Waals surface area contributed by atoms with Gasteiger partial charge in [-0.05, 0) is 6.92 Å². The van der Waals surface area contributed by atoms with E-state index in [2.05, 4.69) is 30.3 Å². The summed E-state index contributed by atoms with van der Waals surface area (Å²) >= 11 is 2.83. The topological polar surface area (TPSA) is 72.2 Å². The van der Waals surface area contributed by atoms with E-state index in [4.69, 9.17) is 0 Å². The van der Waals surface area contributed by atoms with Gasteiger partial charge in [0, 0.05) is 6.07 Å². The van der Waals surface area contributed by atoms with E-state index < -0.39 is 10.0 Å². The zero-order valence-corrected chi connectivity index (χ0v) is 8.65. The molecule has 1 rings (SSSR count). The van der Waals surface area contributed by atoms with Crippen LogP contribution < -0.4 is 4.72 Å². The van der Waals surface area contributed by atoms with Crippen LogP contribution in [-0.4, -0.2) is 18.2 Å². The number of hydrogen-bond acceptors (Lipinski definition) is 4. The lowest BCUT2D eigenvalue weighted by molar-refractivity contribution is 0.400. The molecule has 0 fully saturated rings. The van der Waals surface area contributed by atoms with Crippen LogP contribution in [0.2, 0.25) is 0 Å². The van der Waals surface area contributed by atoms with Crippen molar-refractivity contribution in [3.63, 3.8) is 0 Å². The van der Waals surface area contributed by atoms with Crippen molar-refractivity contribution in [2.24, 2.45) is 0 Å². The molecule has 12 heavy (non-hydrogen) atoms. The first-order chi connectivity index (χ1) is 5.53. The fourth-order valence-corrected chi connectivity index (χ4v) is 1.41. The van der Waals surface area contributed by atoms with Crippen LogP contribution in [0.25, 0.3) is 0 Å². The normalized spacial score (nSPS) is 11.5. The summed E-state index contributed by atoms with van der Waals surface area (Å²) in [5, 5.41) is 3.46. The third kappa shape index (κ3) is 2.49. The van der Waals surface area contributed by atoms with E-state index in [1.807, 2.05) is 0 Å². The van der Waals surface area contributed by atoms with E-state index >= 15 is 0 Å². The predicted molar refractivity (Wildman–Crippen MR) is 47.6 cm³/mol. The fourth-order valence-electron chi connectivity index (χ4n) is 0.601. The molecule has 1 N–H and O–H groups in total. The van der Waals surface area contributed by atoms with Crippen LogP contribution in [0.5, 0.6) is 0 Å². The second-order valence-electron chi connectivity index (χ2n) is 2.15. The smallest absolute Gasteiger partial charge is 0.244 e. The zero-order chi connectivity index (χ0) is 9.19. The summed E-state index contributed by atoms with van der Waals surface area (Å²) in [6.45, 7) is 1.68. The minimum Gasteiger partial charge on any atom is -0.360 e. The van der Waals surface area contributed by atoms with Gasteiger partial charge in [0.1, 0.15) is 10.4 Å². The summed E-state index contributed by atoms with van der Waals surface area (Å²) in [5.74, 6) is 0.759. The molecule has 0 unspecified atom stereocenters. The quantitative estimate of drug-likeness (QED) is 0.820. The minimum absolute atomic E-state index is 0.161. The van der Waals surface area contributed by atoms with Gasteiger partial charge < -0.3 is 4.52 Å². The van der Waals surface area contributed by atoms with Gasteiger partial charge in [0.25, 0.3) is 0 Å². The maximum Gasteiger partial charge on any atom is 0.244 e. The number of sulfonamides is 1. The van der Waals surface area contributed by atoms with Gasteiger partial charge in [-0.1, -0.05) is 21.1 Å². The summed E-state index contributed by atoms with van der Waals surface area (Å²) in [6, 6.07) is 1.50. The molecule has 0 spiro atoms. The van der Waals surface area contributed by atoms with Crippen LogP contribution in [-0.2, 0) is 10.0 Å². The lowest BCUT2D eigenvalue weighted by Crippen LogP contribution is -2.13. The van der Waals surface area contributed by atoms with E-state index in [1.165, 1.54) is 6.07 Å². The van der Waals surface area contributed by atoms with E-state index in [0.29, 0.717) is 5.76 Å². The molecule has 7 heteroatoms.